The smallest absolute Gasteiger partial charge is 0.421 e. The highest BCUT2D eigenvalue weighted by Gasteiger charge is 2.41. The van der Waals surface area contributed by atoms with Gasteiger partial charge in [-0.2, -0.15) is 0 Å². The van der Waals surface area contributed by atoms with E-state index in [2.05, 4.69) is 5.43 Å². The van der Waals surface area contributed by atoms with Gasteiger partial charge < -0.3 is 5.11 Å². The van der Waals surface area contributed by atoms with Crippen molar-refractivity contribution in [3.05, 3.63) is 0 Å². The Kier molecular flexibility index (Phi) is 1.72. The van der Waals surface area contributed by atoms with Crippen LogP contribution in [0.25, 0.3) is 0 Å². The summed E-state index contributed by atoms with van der Waals surface area (Å²) in [5, 5.41) is 10.0. The van der Waals surface area contributed by atoms with Crippen molar-refractivity contribution in [2.45, 2.75) is 37.6 Å². The van der Waals surface area contributed by atoms with E-state index in [9.17, 15) is 4.79 Å². The summed E-state index contributed by atoms with van der Waals surface area (Å²) in [4.78, 5) is 10.6. The van der Waals surface area contributed by atoms with Gasteiger partial charge >= 0.3 is 6.09 Å². The Morgan fingerprint density at radius 1 is 1.33 bits per heavy atom. The van der Waals surface area contributed by atoms with Crippen LogP contribution in [0.4, 0.5) is 4.79 Å². The fraction of sp³-hybridized carbons (Fsp3) is 0.875. The largest absolute Gasteiger partial charge is 0.464 e. The first kappa shape index (κ1) is 7.86. The Labute approximate surface area is 71.5 Å². The molecule has 0 aromatic rings. The summed E-state index contributed by atoms with van der Waals surface area (Å²) in [6.07, 6.45) is 4.88. The third-order valence-corrected chi connectivity index (χ3v) is 2.98. The molecule has 0 atom stereocenters. The number of hydrogen-bond donors (Lipinski definition) is 2. The molecule has 1 saturated carbocycles. The molecule has 1 aliphatic carbocycles. The quantitative estimate of drug-likeness (QED) is 0.574. The van der Waals surface area contributed by atoms with Crippen LogP contribution in [-0.2, 0) is 0 Å². The van der Waals surface area contributed by atoms with Crippen LogP contribution in [0, 0.1) is 0 Å². The van der Waals surface area contributed by atoms with Crippen molar-refractivity contribution in [1.82, 2.24) is 10.4 Å². The molecule has 2 fully saturated rings. The summed E-state index contributed by atoms with van der Waals surface area (Å²) in [5.41, 5.74) is 3.24. The van der Waals surface area contributed by atoms with Gasteiger partial charge in [-0.05, 0) is 19.3 Å². The zero-order valence-electron chi connectivity index (χ0n) is 7.05. The van der Waals surface area contributed by atoms with Gasteiger partial charge in [0.25, 0.3) is 0 Å². The molecule has 2 N–H and O–H groups in total. The molecule has 1 spiro atoms. The number of carbonyl (C=O) groups is 1. The van der Waals surface area contributed by atoms with E-state index in [4.69, 9.17) is 5.11 Å². The molecule has 2 rings (SSSR count). The van der Waals surface area contributed by atoms with E-state index < -0.39 is 6.09 Å². The Hall–Kier alpha value is -0.770. The van der Waals surface area contributed by atoms with Crippen molar-refractivity contribution in [2.24, 2.45) is 0 Å². The number of hydrogen-bond acceptors (Lipinski definition) is 2. The predicted octanol–water partition coefficient (Wildman–Crippen LogP) is 1.19. The maximum absolute atomic E-state index is 10.6. The average Bonchev–Trinajstić information content (AvgIpc) is 2.62. The Balaban J connectivity index is 2.01. The molecule has 2 aliphatic rings. The summed E-state index contributed by atoms with van der Waals surface area (Å²) in [5.74, 6) is 0. The highest BCUT2D eigenvalue weighted by molar-refractivity contribution is 5.64. The van der Waals surface area contributed by atoms with Crippen molar-refractivity contribution in [2.75, 3.05) is 6.54 Å². The maximum atomic E-state index is 10.6. The molecular formula is C8H14N2O2. The monoisotopic (exact) mass is 170 g/mol. The third kappa shape index (κ3) is 1.16. The van der Waals surface area contributed by atoms with E-state index in [1.807, 2.05) is 0 Å². The SMILES string of the molecule is O=C(O)N1CCC2(CCCC2)N1. The van der Waals surface area contributed by atoms with Crippen LogP contribution >= 0.6 is 0 Å². The number of nitrogens with one attached hydrogen (secondary N) is 1. The van der Waals surface area contributed by atoms with Crippen LogP contribution in [0.15, 0.2) is 0 Å². The van der Waals surface area contributed by atoms with Gasteiger partial charge in [0.15, 0.2) is 0 Å². The van der Waals surface area contributed by atoms with Crippen molar-refractivity contribution < 1.29 is 9.90 Å². The van der Waals surface area contributed by atoms with Gasteiger partial charge in [0, 0.05) is 12.1 Å². The third-order valence-electron chi connectivity index (χ3n) is 2.98. The Morgan fingerprint density at radius 3 is 2.50 bits per heavy atom. The van der Waals surface area contributed by atoms with E-state index in [0.29, 0.717) is 6.54 Å². The highest BCUT2D eigenvalue weighted by Crippen LogP contribution is 2.35. The summed E-state index contributed by atoms with van der Waals surface area (Å²) >= 11 is 0. The molecule has 12 heavy (non-hydrogen) atoms. The second-order valence-corrected chi connectivity index (χ2v) is 3.78. The Morgan fingerprint density at radius 2 is 2.00 bits per heavy atom. The van der Waals surface area contributed by atoms with Crippen LogP contribution in [0.3, 0.4) is 0 Å². The number of hydrazine groups is 1. The van der Waals surface area contributed by atoms with Crippen LogP contribution in [0.2, 0.25) is 0 Å². The topological polar surface area (TPSA) is 52.6 Å². The molecule has 4 heteroatoms. The van der Waals surface area contributed by atoms with E-state index in [1.54, 1.807) is 0 Å². The zero-order valence-corrected chi connectivity index (χ0v) is 7.05. The van der Waals surface area contributed by atoms with Gasteiger partial charge in [0.05, 0.1) is 0 Å². The van der Waals surface area contributed by atoms with Crippen molar-refractivity contribution in [3.63, 3.8) is 0 Å². The highest BCUT2D eigenvalue weighted by atomic mass is 16.4. The second kappa shape index (κ2) is 2.62. The van der Waals surface area contributed by atoms with E-state index >= 15 is 0 Å². The fourth-order valence-electron chi connectivity index (χ4n) is 2.28. The second-order valence-electron chi connectivity index (χ2n) is 3.78. The molecule has 1 saturated heterocycles. The first-order valence-electron chi connectivity index (χ1n) is 4.50. The normalized spacial score (nSPS) is 26.8. The van der Waals surface area contributed by atoms with Gasteiger partial charge in [-0.25, -0.2) is 15.2 Å². The molecule has 0 aromatic heterocycles. The lowest BCUT2D eigenvalue weighted by Gasteiger charge is -2.23. The molecule has 1 amide bonds. The van der Waals surface area contributed by atoms with Crippen LogP contribution in [0.1, 0.15) is 32.1 Å². The van der Waals surface area contributed by atoms with Gasteiger partial charge in [0.1, 0.15) is 0 Å². The zero-order chi connectivity index (χ0) is 8.60. The number of amides is 1. The fourth-order valence-corrected chi connectivity index (χ4v) is 2.28. The minimum absolute atomic E-state index is 0.137. The molecule has 0 aromatic carbocycles. The molecule has 1 heterocycles. The summed E-state index contributed by atoms with van der Waals surface area (Å²) in [7, 11) is 0. The minimum atomic E-state index is -0.848. The molecule has 0 unspecified atom stereocenters. The lowest BCUT2D eigenvalue weighted by molar-refractivity contribution is 0.125. The summed E-state index contributed by atoms with van der Waals surface area (Å²) < 4.78 is 0. The molecule has 0 radical (unpaired) electrons. The van der Waals surface area contributed by atoms with Crippen LogP contribution < -0.4 is 5.43 Å². The van der Waals surface area contributed by atoms with Crippen LogP contribution in [-0.4, -0.2) is 28.3 Å². The van der Waals surface area contributed by atoms with E-state index in [0.717, 1.165) is 19.3 Å². The average molecular weight is 170 g/mol. The predicted molar refractivity (Wildman–Crippen MR) is 43.7 cm³/mol. The van der Waals surface area contributed by atoms with Crippen LogP contribution in [0.5, 0.6) is 0 Å². The lowest BCUT2D eigenvalue weighted by Crippen LogP contribution is -2.45. The number of rotatable bonds is 0. The van der Waals surface area contributed by atoms with Gasteiger partial charge in [-0.3, -0.25) is 0 Å². The summed E-state index contributed by atoms with van der Waals surface area (Å²) in [6.45, 7) is 0.648. The number of nitrogens with zero attached hydrogens (tertiary/aromatic N) is 1. The van der Waals surface area contributed by atoms with E-state index in [-0.39, 0.29) is 5.54 Å². The van der Waals surface area contributed by atoms with Crippen molar-refractivity contribution >= 4 is 6.09 Å². The maximum Gasteiger partial charge on any atom is 0.421 e. The molecule has 0 bridgehead atoms. The minimum Gasteiger partial charge on any atom is -0.464 e. The van der Waals surface area contributed by atoms with E-state index in [1.165, 1.54) is 17.9 Å². The van der Waals surface area contributed by atoms with Crippen molar-refractivity contribution in [3.8, 4) is 0 Å². The van der Waals surface area contributed by atoms with Gasteiger partial charge in [-0.1, -0.05) is 12.8 Å². The first-order valence-corrected chi connectivity index (χ1v) is 4.50. The first-order chi connectivity index (χ1) is 5.72. The standard InChI is InChI=1S/C8H14N2O2/c11-7(12)10-6-5-8(9-10)3-1-2-4-8/h9H,1-6H2,(H,11,12). The van der Waals surface area contributed by atoms with Gasteiger partial charge in [0.2, 0.25) is 0 Å². The Bertz CT molecular complexity index is 199. The lowest BCUT2D eigenvalue weighted by atomic mass is 9.96. The van der Waals surface area contributed by atoms with Gasteiger partial charge in [-0.15, -0.1) is 0 Å². The molecular weight excluding hydrogens is 156 g/mol. The molecule has 68 valence electrons. The molecule has 4 nitrogen and oxygen atoms in total. The summed E-state index contributed by atoms with van der Waals surface area (Å²) in [6, 6.07) is 0. The van der Waals surface area contributed by atoms with Crippen molar-refractivity contribution in [1.29, 1.82) is 0 Å². The molecule has 1 aliphatic heterocycles. The number of carboxylic acid groups (broad SMARTS) is 1.